The number of alkyl carbamates (subject to hydrolysis) is 1. The molecule has 0 bridgehead atoms. The number of aldehydes is 1. The number of anilines is 1. The molecule has 3 aromatic rings. The van der Waals surface area contributed by atoms with Crippen molar-refractivity contribution in [3.63, 3.8) is 0 Å². The van der Waals surface area contributed by atoms with Crippen LogP contribution < -0.4 is 11.1 Å². The number of nitrogens with two attached hydrogens (primary N) is 1. The number of fused-ring (bicyclic) bond motifs is 1. The third kappa shape index (κ3) is 12.8. The van der Waals surface area contributed by atoms with Gasteiger partial charge in [0.05, 0.1) is 29.9 Å². The molecule has 0 saturated carbocycles. The average molecular weight is 602 g/mol. The summed E-state index contributed by atoms with van der Waals surface area (Å²) < 4.78 is 36.1. The number of pyridine rings is 1. The number of hydrogen-bond acceptors (Lipinski definition) is 9. The summed E-state index contributed by atoms with van der Waals surface area (Å²) >= 11 is 0. The molecule has 0 aliphatic heterocycles. The van der Waals surface area contributed by atoms with E-state index < -0.39 is 29.3 Å². The summed E-state index contributed by atoms with van der Waals surface area (Å²) in [6.07, 6.45) is 0.126. The van der Waals surface area contributed by atoms with Crippen LogP contribution in [0.15, 0.2) is 42.5 Å². The lowest BCUT2D eigenvalue weighted by Crippen LogP contribution is -2.32. The van der Waals surface area contributed by atoms with E-state index in [9.17, 15) is 32.8 Å². The zero-order valence-electron chi connectivity index (χ0n) is 25.1. The summed E-state index contributed by atoms with van der Waals surface area (Å²) in [6.45, 7) is 10.4. The Hall–Kier alpha value is -4.74. The summed E-state index contributed by atoms with van der Waals surface area (Å²) in [5, 5.41) is 2.84. The summed E-state index contributed by atoms with van der Waals surface area (Å²) in [4.78, 5) is 59.1. The molecule has 0 aliphatic rings. The van der Waals surface area contributed by atoms with Gasteiger partial charge in [-0.05, 0) is 65.0 Å². The van der Waals surface area contributed by atoms with E-state index in [1.165, 1.54) is 37.3 Å². The Morgan fingerprint density at radius 1 is 1.02 bits per heavy atom. The van der Waals surface area contributed by atoms with Gasteiger partial charge in [0.25, 0.3) is 0 Å². The van der Waals surface area contributed by atoms with Crippen molar-refractivity contribution < 1.29 is 42.2 Å². The highest BCUT2D eigenvalue weighted by Crippen LogP contribution is 2.20. The second kappa shape index (κ2) is 17.3. The van der Waals surface area contributed by atoms with Crippen molar-refractivity contribution in [1.82, 2.24) is 10.3 Å². The maximum absolute atomic E-state index is 13.8. The molecule has 0 aliphatic carbocycles. The lowest BCUT2D eigenvalue weighted by Gasteiger charge is -2.20. The number of nitrogens with zero attached hydrogens (tertiary/aromatic N) is 1. The first-order valence-corrected chi connectivity index (χ1v) is 13.4. The lowest BCUT2D eigenvalue weighted by molar-refractivity contribution is -0.145. The molecule has 232 valence electrons. The minimum absolute atomic E-state index is 0.0241. The maximum atomic E-state index is 13.8. The number of Topliss-reactive ketones (excluding diaryl/α,β-unsaturated/α-hetero) is 2. The SMILES string of the molecule is CC(=O)c1cc2c(F)cccc2nc1CNC(=O)OC(C)(C)C.CCOC(=O)CC(=O)CC.Nc1cccc(F)c1C=O. The van der Waals surface area contributed by atoms with Crippen LogP contribution in [0.4, 0.5) is 19.3 Å². The topological polar surface area (TPSA) is 155 Å². The van der Waals surface area contributed by atoms with Crippen molar-refractivity contribution >= 4 is 46.5 Å². The number of nitrogens with one attached hydrogen (secondary N) is 1. The Kier molecular flexibility index (Phi) is 14.6. The number of halogens is 2. The molecule has 1 aromatic heterocycles. The highest BCUT2D eigenvalue weighted by molar-refractivity contribution is 5.98. The van der Waals surface area contributed by atoms with Gasteiger partial charge in [0.2, 0.25) is 0 Å². The number of benzene rings is 2. The van der Waals surface area contributed by atoms with Gasteiger partial charge >= 0.3 is 12.1 Å². The van der Waals surface area contributed by atoms with Gasteiger partial charge in [-0.1, -0.05) is 19.1 Å². The largest absolute Gasteiger partial charge is 0.466 e. The van der Waals surface area contributed by atoms with Crippen LogP contribution >= 0.6 is 0 Å². The average Bonchev–Trinajstić information content (AvgIpc) is 2.91. The van der Waals surface area contributed by atoms with E-state index in [-0.39, 0.29) is 46.7 Å². The molecule has 3 rings (SSSR count). The monoisotopic (exact) mass is 601 g/mol. The Bertz CT molecular complexity index is 1430. The van der Waals surface area contributed by atoms with E-state index in [2.05, 4.69) is 15.0 Å². The first kappa shape index (κ1) is 36.3. The van der Waals surface area contributed by atoms with Crippen molar-refractivity contribution in [2.45, 2.75) is 66.5 Å². The van der Waals surface area contributed by atoms with E-state index in [1.54, 1.807) is 46.8 Å². The highest BCUT2D eigenvalue weighted by atomic mass is 19.1. The molecule has 0 spiro atoms. The fourth-order valence-corrected chi connectivity index (χ4v) is 3.28. The molecule has 1 heterocycles. The molecule has 0 atom stereocenters. The number of esters is 1. The van der Waals surface area contributed by atoms with Crippen molar-refractivity contribution in [3.05, 3.63) is 70.9 Å². The Labute approximate surface area is 248 Å². The second-order valence-electron chi connectivity index (χ2n) is 9.94. The first-order chi connectivity index (χ1) is 20.1. The van der Waals surface area contributed by atoms with Crippen molar-refractivity contribution in [3.8, 4) is 0 Å². The van der Waals surface area contributed by atoms with Crippen molar-refractivity contribution in [1.29, 1.82) is 0 Å². The zero-order chi connectivity index (χ0) is 32.7. The third-order valence-electron chi connectivity index (χ3n) is 5.31. The Balaban J connectivity index is 0.000000382. The predicted molar refractivity (Wildman–Crippen MR) is 158 cm³/mol. The smallest absolute Gasteiger partial charge is 0.407 e. The summed E-state index contributed by atoms with van der Waals surface area (Å²) in [5.41, 5.74) is 5.83. The second-order valence-corrected chi connectivity index (χ2v) is 9.94. The summed E-state index contributed by atoms with van der Waals surface area (Å²) in [6, 6.07) is 10.1. The number of rotatable bonds is 8. The van der Waals surface area contributed by atoms with Crippen molar-refractivity contribution in [2.75, 3.05) is 12.3 Å². The van der Waals surface area contributed by atoms with E-state index in [0.29, 0.717) is 30.5 Å². The van der Waals surface area contributed by atoms with Crippen LogP contribution in [0.5, 0.6) is 0 Å². The maximum Gasteiger partial charge on any atom is 0.407 e. The van der Waals surface area contributed by atoms with Gasteiger partial charge in [-0.15, -0.1) is 0 Å². The van der Waals surface area contributed by atoms with E-state index in [1.807, 2.05) is 0 Å². The van der Waals surface area contributed by atoms with Crippen molar-refractivity contribution in [2.24, 2.45) is 0 Å². The van der Waals surface area contributed by atoms with Crippen LogP contribution in [-0.2, 0) is 25.6 Å². The molecule has 2 aromatic carbocycles. The number of aromatic nitrogens is 1. The molecular weight excluding hydrogens is 564 g/mol. The fourth-order valence-electron chi connectivity index (χ4n) is 3.28. The Morgan fingerprint density at radius 2 is 1.65 bits per heavy atom. The molecule has 43 heavy (non-hydrogen) atoms. The number of amides is 1. The van der Waals surface area contributed by atoms with Gasteiger partial charge < -0.3 is 20.5 Å². The van der Waals surface area contributed by atoms with Crippen LogP contribution in [0.2, 0.25) is 0 Å². The normalized spacial score (nSPS) is 10.3. The molecule has 0 unspecified atom stereocenters. The van der Waals surface area contributed by atoms with Gasteiger partial charge in [-0.3, -0.25) is 24.2 Å². The predicted octanol–water partition coefficient (Wildman–Crippen LogP) is 5.74. The molecule has 12 heteroatoms. The van der Waals surface area contributed by atoms with Crippen LogP contribution in [0, 0.1) is 11.6 Å². The fraction of sp³-hybridized carbons (Fsp3) is 0.355. The van der Waals surface area contributed by atoms with Gasteiger partial charge in [-0.25, -0.2) is 13.6 Å². The number of ether oxygens (including phenoxy) is 2. The third-order valence-corrected chi connectivity index (χ3v) is 5.31. The van der Waals surface area contributed by atoms with Crippen LogP contribution in [-0.4, -0.2) is 47.1 Å². The molecular formula is C31H37F2N3O7. The summed E-state index contributed by atoms with van der Waals surface area (Å²) in [5.74, 6) is -1.75. The standard InChI is InChI=1S/C17H19FN2O3.C7H6FNO.C7H12O3/c1-10(21)11-8-12-13(18)6-5-7-14(12)20-15(11)9-19-16(22)23-17(2,3)4;8-6-2-1-3-7(9)5(6)4-10;1-3-6(8)5-7(9)10-4-2/h5-8H,9H2,1-4H3,(H,19,22);1-4H,9H2;3-5H2,1-2H3. The van der Waals surface area contributed by atoms with Crippen LogP contribution in [0.25, 0.3) is 10.9 Å². The highest BCUT2D eigenvalue weighted by Gasteiger charge is 2.18. The minimum atomic E-state index is -0.618. The molecule has 0 fully saturated rings. The number of nitrogen functional groups attached to an aromatic ring is 1. The van der Waals surface area contributed by atoms with Crippen LogP contribution in [0.3, 0.4) is 0 Å². The molecule has 0 radical (unpaired) electrons. The molecule has 10 nitrogen and oxygen atoms in total. The minimum Gasteiger partial charge on any atom is -0.466 e. The number of hydrogen-bond donors (Lipinski definition) is 2. The Morgan fingerprint density at radius 3 is 2.16 bits per heavy atom. The van der Waals surface area contributed by atoms with Gasteiger partial charge in [0.15, 0.2) is 12.1 Å². The van der Waals surface area contributed by atoms with Gasteiger partial charge in [0, 0.05) is 23.1 Å². The van der Waals surface area contributed by atoms with E-state index in [0.717, 1.165) is 0 Å². The quantitative estimate of drug-likeness (QED) is 0.108. The van der Waals surface area contributed by atoms with Gasteiger partial charge in [-0.2, -0.15) is 0 Å². The molecule has 3 N–H and O–H groups in total. The van der Waals surface area contributed by atoms with Crippen LogP contribution in [0.1, 0.15) is 80.8 Å². The zero-order valence-corrected chi connectivity index (χ0v) is 25.1. The molecule has 1 amide bonds. The molecule has 0 saturated heterocycles. The summed E-state index contributed by atoms with van der Waals surface area (Å²) in [7, 11) is 0. The van der Waals surface area contributed by atoms with E-state index >= 15 is 0 Å². The number of ketones is 2. The van der Waals surface area contributed by atoms with E-state index in [4.69, 9.17) is 10.5 Å². The number of carbonyl (C=O) groups excluding carboxylic acids is 5. The number of carbonyl (C=O) groups is 5. The van der Waals surface area contributed by atoms with Gasteiger partial charge in [0.1, 0.15) is 29.4 Å². The lowest BCUT2D eigenvalue weighted by atomic mass is 10.1. The first-order valence-electron chi connectivity index (χ1n) is 13.4.